The highest BCUT2D eigenvalue weighted by molar-refractivity contribution is 7.89. The van der Waals surface area contributed by atoms with Crippen molar-refractivity contribution in [3.8, 4) is 0 Å². The van der Waals surface area contributed by atoms with Gasteiger partial charge in [-0.1, -0.05) is 0 Å². The summed E-state index contributed by atoms with van der Waals surface area (Å²) in [5.74, 6) is -0.845. The van der Waals surface area contributed by atoms with Crippen LogP contribution in [0, 0.1) is 15.9 Å². The summed E-state index contributed by atoms with van der Waals surface area (Å²) in [4.78, 5) is 9.25. The highest BCUT2D eigenvalue weighted by Crippen LogP contribution is 2.27. The second kappa shape index (κ2) is 4.04. The lowest BCUT2D eigenvalue weighted by Gasteiger charge is -2.05. The van der Waals surface area contributed by atoms with Crippen molar-refractivity contribution in [2.75, 3.05) is 0 Å². The Hall–Kier alpha value is -1.54. The molecule has 1 aromatic carbocycles. The van der Waals surface area contributed by atoms with Gasteiger partial charge in [-0.2, -0.15) is 0 Å². The van der Waals surface area contributed by atoms with Crippen LogP contribution in [0.25, 0.3) is 0 Å². The summed E-state index contributed by atoms with van der Waals surface area (Å²) in [6.07, 6.45) is 1.43. The van der Waals surface area contributed by atoms with E-state index < -0.39 is 31.3 Å². The molecule has 1 N–H and O–H groups in total. The maximum Gasteiger partial charge on any atom is 0.292 e. The van der Waals surface area contributed by atoms with Crippen molar-refractivity contribution in [2.45, 2.75) is 23.8 Å². The second-order valence-electron chi connectivity index (χ2n) is 3.76. The molecular formula is C9H9FN2O4S. The normalized spacial score (nSPS) is 15.8. The van der Waals surface area contributed by atoms with Gasteiger partial charge in [0.2, 0.25) is 10.0 Å². The van der Waals surface area contributed by atoms with E-state index in [9.17, 15) is 22.9 Å². The monoisotopic (exact) mass is 260 g/mol. The van der Waals surface area contributed by atoms with E-state index >= 15 is 0 Å². The minimum absolute atomic E-state index is 0.162. The molecule has 0 aromatic heterocycles. The van der Waals surface area contributed by atoms with Crippen molar-refractivity contribution in [3.05, 3.63) is 34.1 Å². The topological polar surface area (TPSA) is 89.3 Å². The fourth-order valence-corrected chi connectivity index (χ4v) is 2.80. The van der Waals surface area contributed by atoms with Gasteiger partial charge in [0.05, 0.1) is 11.0 Å². The van der Waals surface area contributed by atoms with Crippen LogP contribution in [0.5, 0.6) is 0 Å². The Kier molecular flexibility index (Phi) is 2.84. The van der Waals surface area contributed by atoms with Gasteiger partial charge < -0.3 is 0 Å². The third-order valence-corrected chi connectivity index (χ3v) is 3.87. The average Bonchev–Trinajstić information content (AvgIpc) is 3.00. The molecule has 92 valence electrons. The molecule has 1 aliphatic rings. The Morgan fingerprint density at radius 3 is 2.59 bits per heavy atom. The Morgan fingerprint density at radius 2 is 2.06 bits per heavy atom. The van der Waals surface area contributed by atoms with Crippen LogP contribution in [-0.4, -0.2) is 19.4 Å². The predicted molar refractivity (Wildman–Crippen MR) is 56.4 cm³/mol. The zero-order valence-electron chi connectivity index (χ0n) is 8.59. The number of benzene rings is 1. The van der Waals surface area contributed by atoms with Crippen LogP contribution in [0.3, 0.4) is 0 Å². The number of nitro benzene ring substituents is 1. The first-order valence-electron chi connectivity index (χ1n) is 4.86. The van der Waals surface area contributed by atoms with E-state index in [0.29, 0.717) is 18.9 Å². The smallest absolute Gasteiger partial charge is 0.258 e. The van der Waals surface area contributed by atoms with Crippen LogP contribution in [0.4, 0.5) is 10.1 Å². The number of halogens is 1. The zero-order valence-corrected chi connectivity index (χ0v) is 9.41. The van der Waals surface area contributed by atoms with E-state index in [-0.39, 0.29) is 6.04 Å². The van der Waals surface area contributed by atoms with Crippen molar-refractivity contribution >= 4 is 15.7 Å². The van der Waals surface area contributed by atoms with Gasteiger partial charge in [0.1, 0.15) is 5.82 Å². The molecule has 6 nitrogen and oxygen atoms in total. The molecule has 8 heteroatoms. The van der Waals surface area contributed by atoms with Crippen LogP contribution in [-0.2, 0) is 10.0 Å². The van der Waals surface area contributed by atoms with Crippen molar-refractivity contribution in [1.29, 1.82) is 0 Å². The number of hydrogen-bond acceptors (Lipinski definition) is 4. The lowest BCUT2D eigenvalue weighted by molar-refractivity contribution is -0.388. The fraction of sp³-hybridized carbons (Fsp3) is 0.333. The highest BCUT2D eigenvalue weighted by Gasteiger charge is 2.32. The molecule has 17 heavy (non-hydrogen) atoms. The average molecular weight is 260 g/mol. The Labute approximate surface area is 96.6 Å². The number of nitrogens with zero attached hydrogens (tertiary/aromatic N) is 1. The lowest BCUT2D eigenvalue weighted by atomic mass is 10.3. The quantitative estimate of drug-likeness (QED) is 0.650. The maximum atomic E-state index is 12.9. The zero-order chi connectivity index (χ0) is 12.6. The summed E-state index contributed by atoms with van der Waals surface area (Å²) in [6, 6.07) is 2.22. The largest absolute Gasteiger partial charge is 0.292 e. The molecule has 0 radical (unpaired) electrons. The number of rotatable bonds is 4. The summed E-state index contributed by atoms with van der Waals surface area (Å²) >= 11 is 0. The SMILES string of the molecule is O=[N+]([O-])c1cc(F)ccc1S(=O)(=O)NC1CC1. The van der Waals surface area contributed by atoms with Gasteiger partial charge in [0, 0.05) is 6.04 Å². The maximum absolute atomic E-state index is 12.9. The molecule has 0 aliphatic heterocycles. The molecule has 1 fully saturated rings. The van der Waals surface area contributed by atoms with Gasteiger partial charge in [-0.25, -0.2) is 17.5 Å². The van der Waals surface area contributed by atoms with Crippen molar-refractivity contribution < 1.29 is 17.7 Å². The fourth-order valence-electron chi connectivity index (χ4n) is 1.34. The summed E-state index contributed by atoms with van der Waals surface area (Å²) in [6.45, 7) is 0. The van der Waals surface area contributed by atoms with Crippen molar-refractivity contribution in [2.24, 2.45) is 0 Å². The molecule has 0 atom stereocenters. The molecule has 0 bridgehead atoms. The molecule has 1 aromatic rings. The summed E-state index contributed by atoms with van der Waals surface area (Å²) in [7, 11) is -3.95. The highest BCUT2D eigenvalue weighted by atomic mass is 32.2. The van der Waals surface area contributed by atoms with Crippen LogP contribution >= 0.6 is 0 Å². The summed E-state index contributed by atoms with van der Waals surface area (Å²) < 4.78 is 38.7. The second-order valence-corrected chi connectivity index (χ2v) is 5.45. The predicted octanol–water partition coefficient (Wildman–Crippen LogP) is 1.17. The molecule has 0 amide bonds. The molecule has 0 unspecified atom stereocenters. The van der Waals surface area contributed by atoms with Crippen LogP contribution in [0.15, 0.2) is 23.1 Å². The number of hydrogen-bond donors (Lipinski definition) is 1. The third-order valence-electron chi connectivity index (χ3n) is 2.31. The van der Waals surface area contributed by atoms with Gasteiger partial charge in [0.25, 0.3) is 5.69 Å². The number of sulfonamides is 1. The van der Waals surface area contributed by atoms with E-state index in [1.54, 1.807) is 0 Å². The molecule has 0 heterocycles. The van der Waals surface area contributed by atoms with E-state index in [2.05, 4.69) is 4.72 Å². The van der Waals surface area contributed by atoms with E-state index in [1.165, 1.54) is 0 Å². The summed E-state index contributed by atoms with van der Waals surface area (Å²) in [5.41, 5.74) is -0.752. The first-order valence-corrected chi connectivity index (χ1v) is 6.35. The standard InChI is InChI=1S/C9H9FN2O4S/c10-6-1-4-9(8(5-6)12(13)14)17(15,16)11-7-2-3-7/h1,4-5,7,11H,2-3H2. The van der Waals surface area contributed by atoms with E-state index in [4.69, 9.17) is 0 Å². The Balaban J connectivity index is 2.46. The number of nitro groups is 1. The van der Waals surface area contributed by atoms with Gasteiger partial charge >= 0.3 is 0 Å². The Bertz CT molecular complexity index is 568. The van der Waals surface area contributed by atoms with E-state index in [1.807, 2.05) is 0 Å². The third kappa shape index (κ3) is 2.59. The minimum Gasteiger partial charge on any atom is -0.258 e. The van der Waals surface area contributed by atoms with Gasteiger partial charge in [-0.3, -0.25) is 10.1 Å². The molecule has 0 saturated heterocycles. The molecular weight excluding hydrogens is 251 g/mol. The van der Waals surface area contributed by atoms with E-state index in [0.717, 1.165) is 12.1 Å². The molecule has 1 aliphatic carbocycles. The van der Waals surface area contributed by atoms with Crippen molar-refractivity contribution in [3.63, 3.8) is 0 Å². The van der Waals surface area contributed by atoms with Gasteiger partial charge in [0.15, 0.2) is 4.90 Å². The molecule has 2 rings (SSSR count). The first kappa shape index (κ1) is 11.9. The van der Waals surface area contributed by atoms with Crippen molar-refractivity contribution in [1.82, 2.24) is 4.72 Å². The Morgan fingerprint density at radius 1 is 1.41 bits per heavy atom. The molecule has 0 spiro atoms. The van der Waals surface area contributed by atoms with Gasteiger partial charge in [-0.15, -0.1) is 0 Å². The van der Waals surface area contributed by atoms with Crippen LogP contribution in [0.2, 0.25) is 0 Å². The first-order chi connectivity index (χ1) is 7.90. The molecule has 1 saturated carbocycles. The lowest BCUT2D eigenvalue weighted by Crippen LogP contribution is -2.26. The van der Waals surface area contributed by atoms with Gasteiger partial charge in [-0.05, 0) is 25.0 Å². The minimum atomic E-state index is -3.95. The van der Waals surface area contributed by atoms with Crippen LogP contribution in [0.1, 0.15) is 12.8 Å². The number of nitrogens with one attached hydrogen (secondary N) is 1. The van der Waals surface area contributed by atoms with Crippen LogP contribution < -0.4 is 4.72 Å². The summed E-state index contributed by atoms with van der Waals surface area (Å²) in [5, 5.41) is 10.7.